The summed E-state index contributed by atoms with van der Waals surface area (Å²) in [5, 5.41) is 24.8. The first-order valence-electron chi connectivity index (χ1n) is 6.69. The molecule has 5 nitrogen and oxygen atoms in total. The molecule has 1 fully saturated rings. The van der Waals surface area contributed by atoms with Crippen LogP contribution in [-0.4, -0.2) is 28.3 Å². The van der Waals surface area contributed by atoms with Gasteiger partial charge in [0.2, 0.25) is 0 Å². The van der Waals surface area contributed by atoms with E-state index in [9.17, 15) is 5.11 Å². The van der Waals surface area contributed by atoms with Crippen LogP contribution in [0.15, 0.2) is 29.4 Å². The van der Waals surface area contributed by atoms with Gasteiger partial charge in [0.1, 0.15) is 0 Å². The highest BCUT2D eigenvalue weighted by Gasteiger charge is 2.21. The smallest absolute Gasteiger partial charge is 0.170 e. The van der Waals surface area contributed by atoms with Gasteiger partial charge in [0.05, 0.1) is 6.10 Å². The Morgan fingerprint density at radius 2 is 1.95 bits per heavy atom. The second-order valence-electron chi connectivity index (χ2n) is 5.02. The van der Waals surface area contributed by atoms with Crippen LogP contribution in [0.3, 0.4) is 0 Å². The molecule has 0 spiro atoms. The third kappa shape index (κ3) is 3.68. The number of aliphatic hydroxyl groups excluding tert-OH is 1. The lowest BCUT2D eigenvalue weighted by atomic mass is 9.92. The van der Waals surface area contributed by atoms with E-state index in [4.69, 9.17) is 10.9 Å². The molecule has 19 heavy (non-hydrogen) atoms. The quantitative estimate of drug-likeness (QED) is 0.284. The molecule has 5 N–H and O–H groups in total. The SMILES string of the molecule is NC(=NO)c1ccc(CNC2CCCCC2O)cc1. The fraction of sp³-hybridized carbons (Fsp3) is 0.500. The monoisotopic (exact) mass is 263 g/mol. The topological polar surface area (TPSA) is 90.9 Å². The number of nitrogens with one attached hydrogen (secondary N) is 1. The number of amidine groups is 1. The fourth-order valence-electron chi connectivity index (χ4n) is 2.45. The van der Waals surface area contributed by atoms with Gasteiger partial charge in [-0.15, -0.1) is 0 Å². The lowest BCUT2D eigenvalue weighted by molar-refractivity contribution is 0.0902. The van der Waals surface area contributed by atoms with Gasteiger partial charge in [0.25, 0.3) is 0 Å². The Morgan fingerprint density at radius 3 is 2.58 bits per heavy atom. The molecule has 0 bridgehead atoms. The van der Waals surface area contributed by atoms with E-state index in [0.717, 1.165) is 31.4 Å². The predicted octanol–water partition coefficient (Wildman–Crippen LogP) is 1.17. The largest absolute Gasteiger partial charge is 0.409 e. The second kappa shape index (κ2) is 6.54. The average Bonchev–Trinajstić information content (AvgIpc) is 2.46. The normalized spacial score (nSPS) is 24.4. The molecule has 0 amide bonds. The van der Waals surface area contributed by atoms with E-state index in [1.807, 2.05) is 24.3 Å². The maximum absolute atomic E-state index is 9.87. The highest BCUT2D eigenvalue weighted by Crippen LogP contribution is 2.18. The van der Waals surface area contributed by atoms with Crippen molar-refractivity contribution in [2.75, 3.05) is 0 Å². The molecule has 104 valence electrons. The van der Waals surface area contributed by atoms with Gasteiger partial charge in [0, 0.05) is 18.2 Å². The van der Waals surface area contributed by atoms with Gasteiger partial charge >= 0.3 is 0 Å². The summed E-state index contributed by atoms with van der Waals surface area (Å²) < 4.78 is 0. The van der Waals surface area contributed by atoms with Crippen LogP contribution in [0.5, 0.6) is 0 Å². The minimum absolute atomic E-state index is 0.113. The summed E-state index contributed by atoms with van der Waals surface area (Å²) in [5.74, 6) is 0.113. The summed E-state index contributed by atoms with van der Waals surface area (Å²) in [6, 6.07) is 7.72. The standard InChI is InChI=1S/C14H21N3O2/c15-14(17-19)11-7-5-10(6-8-11)9-16-12-3-1-2-4-13(12)18/h5-8,12-13,16,18-19H,1-4,9H2,(H2,15,17). The zero-order chi connectivity index (χ0) is 13.7. The Kier molecular flexibility index (Phi) is 4.76. The van der Waals surface area contributed by atoms with Gasteiger partial charge in [-0.25, -0.2) is 0 Å². The number of benzene rings is 1. The number of hydrogen-bond acceptors (Lipinski definition) is 4. The Balaban J connectivity index is 1.89. The van der Waals surface area contributed by atoms with Gasteiger partial charge in [-0.2, -0.15) is 0 Å². The van der Waals surface area contributed by atoms with Crippen molar-refractivity contribution in [2.24, 2.45) is 10.9 Å². The van der Waals surface area contributed by atoms with Crippen LogP contribution in [0.25, 0.3) is 0 Å². The molecule has 0 aromatic heterocycles. The summed E-state index contributed by atoms with van der Waals surface area (Å²) >= 11 is 0. The van der Waals surface area contributed by atoms with Crippen molar-refractivity contribution in [1.29, 1.82) is 0 Å². The highest BCUT2D eigenvalue weighted by molar-refractivity contribution is 5.96. The van der Waals surface area contributed by atoms with Gasteiger partial charge in [-0.3, -0.25) is 0 Å². The number of rotatable bonds is 4. The van der Waals surface area contributed by atoms with Crippen molar-refractivity contribution in [2.45, 2.75) is 44.4 Å². The van der Waals surface area contributed by atoms with E-state index in [1.165, 1.54) is 6.42 Å². The van der Waals surface area contributed by atoms with E-state index < -0.39 is 0 Å². The van der Waals surface area contributed by atoms with Crippen LogP contribution >= 0.6 is 0 Å². The molecule has 1 aromatic carbocycles. The van der Waals surface area contributed by atoms with Crippen molar-refractivity contribution in [3.63, 3.8) is 0 Å². The highest BCUT2D eigenvalue weighted by atomic mass is 16.4. The Labute approximate surface area is 113 Å². The van der Waals surface area contributed by atoms with E-state index in [2.05, 4.69) is 10.5 Å². The van der Waals surface area contributed by atoms with Crippen molar-refractivity contribution < 1.29 is 10.3 Å². The lowest BCUT2D eigenvalue weighted by Gasteiger charge is -2.28. The predicted molar refractivity (Wildman–Crippen MR) is 74.1 cm³/mol. The zero-order valence-electron chi connectivity index (χ0n) is 10.9. The zero-order valence-corrected chi connectivity index (χ0v) is 10.9. The van der Waals surface area contributed by atoms with Crippen LogP contribution < -0.4 is 11.1 Å². The Morgan fingerprint density at radius 1 is 1.26 bits per heavy atom. The molecule has 2 atom stereocenters. The molecule has 0 aliphatic heterocycles. The van der Waals surface area contributed by atoms with E-state index in [1.54, 1.807) is 0 Å². The van der Waals surface area contributed by atoms with E-state index in [-0.39, 0.29) is 18.0 Å². The maximum Gasteiger partial charge on any atom is 0.170 e. The summed E-state index contributed by atoms with van der Waals surface area (Å²) in [7, 11) is 0. The number of nitrogens with two attached hydrogens (primary N) is 1. The van der Waals surface area contributed by atoms with Gasteiger partial charge < -0.3 is 21.4 Å². The Bertz CT molecular complexity index is 431. The van der Waals surface area contributed by atoms with Crippen molar-refractivity contribution in [1.82, 2.24) is 5.32 Å². The molecule has 1 aliphatic rings. The molecule has 5 heteroatoms. The number of hydrogen-bond donors (Lipinski definition) is 4. The third-order valence-corrected chi connectivity index (χ3v) is 3.66. The second-order valence-corrected chi connectivity index (χ2v) is 5.02. The minimum Gasteiger partial charge on any atom is -0.409 e. The molecule has 0 saturated heterocycles. The first-order chi connectivity index (χ1) is 9.20. The first kappa shape index (κ1) is 13.8. The van der Waals surface area contributed by atoms with Crippen molar-refractivity contribution in [3.8, 4) is 0 Å². The van der Waals surface area contributed by atoms with Gasteiger partial charge in [0.15, 0.2) is 5.84 Å². The average molecular weight is 263 g/mol. The minimum atomic E-state index is -0.231. The fourth-order valence-corrected chi connectivity index (χ4v) is 2.45. The molecule has 1 aliphatic carbocycles. The molecular weight excluding hydrogens is 242 g/mol. The lowest BCUT2D eigenvalue weighted by Crippen LogP contribution is -2.41. The molecule has 1 saturated carbocycles. The van der Waals surface area contributed by atoms with Gasteiger partial charge in [-0.1, -0.05) is 42.3 Å². The summed E-state index contributed by atoms with van der Waals surface area (Å²) in [5.41, 5.74) is 7.32. The van der Waals surface area contributed by atoms with Crippen LogP contribution in [0.1, 0.15) is 36.8 Å². The van der Waals surface area contributed by atoms with Crippen LogP contribution in [0, 0.1) is 0 Å². The molecule has 1 aromatic rings. The molecule has 2 unspecified atom stereocenters. The van der Waals surface area contributed by atoms with Crippen LogP contribution in [0.2, 0.25) is 0 Å². The summed E-state index contributed by atoms with van der Waals surface area (Å²) in [6.07, 6.45) is 3.99. The van der Waals surface area contributed by atoms with Crippen LogP contribution in [-0.2, 0) is 6.54 Å². The number of aliphatic hydroxyl groups is 1. The first-order valence-corrected chi connectivity index (χ1v) is 6.69. The molecule has 2 rings (SSSR count). The van der Waals surface area contributed by atoms with Crippen molar-refractivity contribution in [3.05, 3.63) is 35.4 Å². The van der Waals surface area contributed by atoms with Crippen molar-refractivity contribution >= 4 is 5.84 Å². The van der Waals surface area contributed by atoms with E-state index in [0.29, 0.717) is 5.56 Å². The number of nitrogens with zero attached hydrogens (tertiary/aromatic N) is 1. The Hall–Kier alpha value is -1.59. The number of oxime groups is 1. The third-order valence-electron chi connectivity index (χ3n) is 3.66. The molecular formula is C14H21N3O2. The van der Waals surface area contributed by atoms with E-state index >= 15 is 0 Å². The summed E-state index contributed by atoms with van der Waals surface area (Å²) in [4.78, 5) is 0. The van der Waals surface area contributed by atoms with Crippen LogP contribution in [0.4, 0.5) is 0 Å². The molecule has 0 radical (unpaired) electrons. The maximum atomic E-state index is 9.87. The van der Waals surface area contributed by atoms with Gasteiger partial charge in [-0.05, 0) is 18.4 Å². The molecule has 0 heterocycles. The summed E-state index contributed by atoms with van der Waals surface area (Å²) in [6.45, 7) is 0.720.